The topological polar surface area (TPSA) is 75.7 Å². The number of sulfonamides is 1. The van der Waals surface area contributed by atoms with E-state index in [-0.39, 0.29) is 12.6 Å². The fourth-order valence-corrected chi connectivity index (χ4v) is 2.81. The third-order valence-corrected chi connectivity index (χ3v) is 4.42. The van der Waals surface area contributed by atoms with Crippen molar-refractivity contribution < 1.29 is 17.9 Å². The molecule has 1 unspecified atom stereocenters. The molecule has 7 heteroatoms. The molecular formula is C10H20N2O4S. The van der Waals surface area contributed by atoms with E-state index in [4.69, 9.17) is 0 Å². The van der Waals surface area contributed by atoms with Crippen molar-refractivity contribution in [3.05, 3.63) is 0 Å². The van der Waals surface area contributed by atoms with Crippen LogP contribution in [0.1, 0.15) is 19.8 Å². The summed E-state index contributed by atoms with van der Waals surface area (Å²) in [6.45, 7) is 3.18. The summed E-state index contributed by atoms with van der Waals surface area (Å²) in [5, 5.41) is 3.22. The largest absolute Gasteiger partial charge is 0.465 e. The quantitative estimate of drug-likeness (QED) is 0.658. The average Bonchev–Trinajstić information content (AvgIpc) is 2.69. The van der Waals surface area contributed by atoms with Gasteiger partial charge in [0.2, 0.25) is 10.0 Å². The van der Waals surface area contributed by atoms with Crippen LogP contribution in [-0.2, 0) is 19.6 Å². The van der Waals surface area contributed by atoms with Gasteiger partial charge in [-0.2, -0.15) is 0 Å². The van der Waals surface area contributed by atoms with Crippen molar-refractivity contribution in [2.75, 3.05) is 32.5 Å². The average molecular weight is 264 g/mol. The maximum absolute atomic E-state index is 11.8. The van der Waals surface area contributed by atoms with Crippen LogP contribution < -0.4 is 5.32 Å². The molecule has 1 atom stereocenters. The molecule has 1 heterocycles. The maximum atomic E-state index is 11.8. The van der Waals surface area contributed by atoms with Gasteiger partial charge in [0.25, 0.3) is 0 Å². The first-order chi connectivity index (χ1) is 7.95. The van der Waals surface area contributed by atoms with Gasteiger partial charge in [-0.15, -0.1) is 0 Å². The number of hydrogen-bond acceptors (Lipinski definition) is 5. The molecule has 0 spiro atoms. The molecule has 1 N–H and O–H groups in total. The van der Waals surface area contributed by atoms with E-state index in [0.717, 1.165) is 19.4 Å². The van der Waals surface area contributed by atoms with E-state index >= 15 is 0 Å². The van der Waals surface area contributed by atoms with Crippen molar-refractivity contribution in [1.82, 2.24) is 9.62 Å². The zero-order valence-corrected chi connectivity index (χ0v) is 11.1. The van der Waals surface area contributed by atoms with Crippen molar-refractivity contribution in [3.8, 4) is 0 Å². The van der Waals surface area contributed by atoms with Crippen LogP contribution in [0.5, 0.6) is 0 Å². The first-order valence-electron chi connectivity index (χ1n) is 5.78. The first-order valence-corrected chi connectivity index (χ1v) is 7.39. The van der Waals surface area contributed by atoms with E-state index in [2.05, 4.69) is 10.1 Å². The van der Waals surface area contributed by atoms with Gasteiger partial charge >= 0.3 is 5.97 Å². The van der Waals surface area contributed by atoms with E-state index in [9.17, 15) is 13.2 Å². The molecule has 100 valence electrons. The zero-order valence-electron chi connectivity index (χ0n) is 10.3. The molecular weight excluding hydrogens is 244 g/mol. The lowest BCUT2D eigenvalue weighted by atomic mass is 10.2. The van der Waals surface area contributed by atoms with Crippen LogP contribution in [0.4, 0.5) is 0 Å². The van der Waals surface area contributed by atoms with Gasteiger partial charge in [0, 0.05) is 19.6 Å². The molecule has 0 aromatic carbocycles. The van der Waals surface area contributed by atoms with Gasteiger partial charge in [0.05, 0.1) is 6.61 Å². The SMILES string of the molecule is CCOC(=O)CS(=O)(=O)N(C)CC1CCCN1. The van der Waals surface area contributed by atoms with Crippen LogP contribution in [0.3, 0.4) is 0 Å². The predicted molar refractivity (Wildman–Crippen MR) is 64.1 cm³/mol. The summed E-state index contributed by atoms with van der Waals surface area (Å²) >= 11 is 0. The summed E-state index contributed by atoms with van der Waals surface area (Å²) in [5.74, 6) is -1.27. The van der Waals surface area contributed by atoms with E-state index in [1.807, 2.05) is 0 Å². The number of rotatable bonds is 6. The van der Waals surface area contributed by atoms with Gasteiger partial charge < -0.3 is 10.1 Å². The van der Waals surface area contributed by atoms with Gasteiger partial charge in [-0.25, -0.2) is 12.7 Å². The summed E-state index contributed by atoms with van der Waals surface area (Å²) in [6, 6.07) is 0.192. The Morgan fingerprint density at radius 3 is 2.76 bits per heavy atom. The van der Waals surface area contributed by atoms with Crippen molar-refractivity contribution >= 4 is 16.0 Å². The maximum Gasteiger partial charge on any atom is 0.322 e. The molecule has 0 aliphatic carbocycles. The fraction of sp³-hybridized carbons (Fsp3) is 0.900. The predicted octanol–water partition coefficient (Wildman–Crippen LogP) is -0.437. The molecule has 17 heavy (non-hydrogen) atoms. The van der Waals surface area contributed by atoms with Crippen LogP contribution >= 0.6 is 0 Å². The summed E-state index contributed by atoms with van der Waals surface area (Å²) in [6.07, 6.45) is 2.04. The van der Waals surface area contributed by atoms with E-state index in [1.54, 1.807) is 6.92 Å². The number of likely N-dealkylation sites (N-methyl/N-ethyl adjacent to an activating group) is 1. The molecule has 1 aliphatic rings. The number of ether oxygens (including phenoxy) is 1. The second kappa shape index (κ2) is 6.32. The monoisotopic (exact) mass is 264 g/mol. The summed E-state index contributed by atoms with van der Waals surface area (Å²) in [5.41, 5.74) is 0. The fourth-order valence-electron chi connectivity index (χ4n) is 1.80. The highest BCUT2D eigenvalue weighted by Crippen LogP contribution is 2.09. The summed E-state index contributed by atoms with van der Waals surface area (Å²) < 4.78 is 29.5. The van der Waals surface area contributed by atoms with Crippen molar-refractivity contribution in [2.24, 2.45) is 0 Å². The Labute approximate surface area is 102 Å². The van der Waals surface area contributed by atoms with Gasteiger partial charge in [0.1, 0.15) is 0 Å². The number of carbonyl (C=O) groups is 1. The van der Waals surface area contributed by atoms with Gasteiger partial charge in [0.15, 0.2) is 5.75 Å². The Balaban J connectivity index is 2.47. The Morgan fingerprint density at radius 2 is 2.24 bits per heavy atom. The molecule has 1 saturated heterocycles. The molecule has 0 aromatic heterocycles. The number of hydrogen-bond donors (Lipinski definition) is 1. The van der Waals surface area contributed by atoms with Crippen molar-refractivity contribution in [3.63, 3.8) is 0 Å². The third-order valence-electron chi connectivity index (χ3n) is 2.72. The van der Waals surface area contributed by atoms with Crippen LogP contribution in [0.25, 0.3) is 0 Å². The standard InChI is InChI=1S/C10H20N2O4S/c1-3-16-10(13)8-17(14,15)12(2)7-9-5-4-6-11-9/h9,11H,3-8H2,1-2H3. The van der Waals surface area contributed by atoms with Gasteiger partial charge in [-0.05, 0) is 26.3 Å². The van der Waals surface area contributed by atoms with E-state index in [1.165, 1.54) is 11.4 Å². The number of esters is 1. The summed E-state index contributed by atoms with van der Waals surface area (Å²) in [7, 11) is -2.06. The van der Waals surface area contributed by atoms with Gasteiger partial charge in [-0.3, -0.25) is 4.79 Å². The molecule has 1 aliphatic heterocycles. The minimum Gasteiger partial charge on any atom is -0.465 e. The van der Waals surface area contributed by atoms with Crippen molar-refractivity contribution in [2.45, 2.75) is 25.8 Å². The molecule has 6 nitrogen and oxygen atoms in total. The molecule has 1 fully saturated rings. The minimum absolute atomic E-state index is 0.192. The highest BCUT2D eigenvalue weighted by molar-refractivity contribution is 7.89. The lowest BCUT2D eigenvalue weighted by Gasteiger charge is -2.20. The normalized spacial score (nSPS) is 20.8. The highest BCUT2D eigenvalue weighted by Gasteiger charge is 2.26. The highest BCUT2D eigenvalue weighted by atomic mass is 32.2. The lowest BCUT2D eigenvalue weighted by molar-refractivity contribution is -0.140. The Morgan fingerprint density at radius 1 is 1.53 bits per heavy atom. The van der Waals surface area contributed by atoms with E-state index in [0.29, 0.717) is 6.54 Å². The molecule has 0 bridgehead atoms. The Kier molecular flexibility index (Phi) is 5.35. The lowest BCUT2D eigenvalue weighted by Crippen LogP contribution is -2.41. The van der Waals surface area contributed by atoms with Crippen molar-refractivity contribution in [1.29, 1.82) is 0 Å². The van der Waals surface area contributed by atoms with Crippen LogP contribution in [-0.4, -0.2) is 57.2 Å². The zero-order chi connectivity index (χ0) is 12.9. The number of nitrogens with zero attached hydrogens (tertiary/aromatic N) is 1. The first kappa shape index (κ1) is 14.4. The van der Waals surface area contributed by atoms with Crippen LogP contribution in [0.2, 0.25) is 0 Å². The second-order valence-corrected chi connectivity index (χ2v) is 6.21. The van der Waals surface area contributed by atoms with Crippen LogP contribution in [0.15, 0.2) is 0 Å². The minimum atomic E-state index is -3.55. The molecule has 0 radical (unpaired) electrons. The molecule has 0 saturated carbocycles. The Hall–Kier alpha value is -0.660. The van der Waals surface area contributed by atoms with E-state index < -0.39 is 21.7 Å². The van der Waals surface area contributed by atoms with Gasteiger partial charge in [-0.1, -0.05) is 0 Å². The van der Waals surface area contributed by atoms with Crippen LogP contribution in [0, 0.1) is 0 Å². The smallest absolute Gasteiger partial charge is 0.322 e. The number of carbonyl (C=O) groups excluding carboxylic acids is 1. The molecule has 1 rings (SSSR count). The molecule has 0 amide bonds. The second-order valence-electron chi connectivity index (χ2n) is 4.14. The number of nitrogens with one attached hydrogen (secondary N) is 1. The Bertz CT molecular complexity index is 349. The summed E-state index contributed by atoms with van der Waals surface area (Å²) in [4.78, 5) is 11.2. The molecule has 0 aromatic rings. The third kappa shape index (κ3) is 4.61.